The van der Waals surface area contributed by atoms with Crippen LogP contribution in [0.3, 0.4) is 0 Å². The van der Waals surface area contributed by atoms with Gasteiger partial charge in [-0.1, -0.05) is 23.5 Å². The summed E-state index contributed by atoms with van der Waals surface area (Å²) in [5.74, 6) is 0.887. The number of benzene rings is 1. The number of hydrogen-bond acceptors (Lipinski definition) is 5. The largest absolute Gasteiger partial charge is 0.497 e. The molecule has 0 atom stereocenters. The van der Waals surface area contributed by atoms with Gasteiger partial charge in [-0.2, -0.15) is 0 Å². The van der Waals surface area contributed by atoms with Gasteiger partial charge in [-0.25, -0.2) is 0 Å². The van der Waals surface area contributed by atoms with Crippen LogP contribution in [-0.4, -0.2) is 23.3 Å². The van der Waals surface area contributed by atoms with Crippen LogP contribution in [0.15, 0.2) is 24.3 Å². The highest BCUT2D eigenvalue weighted by Crippen LogP contribution is 2.21. The molecule has 3 rings (SSSR count). The minimum Gasteiger partial charge on any atom is -0.497 e. The lowest BCUT2D eigenvalue weighted by molar-refractivity contribution is 0.414. The van der Waals surface area contributed by atoms with Crippen molar-refractivity contribution in [3.8, 4) is 5.75 Å². The number of rotatable bonds is 6. The summed E-state index contributed by atoms with van der Waals surface area (Å²) in [7, 11) is 1.69. The van der Waals surface area contributed by atoms with Crippen molar-refractivity contribution in [3.63, 3.8) is 0 Å². The third kappa shape index (κ3) is 3.52. The Hall–Kier alpha value is -1.46. The van der Waals surface area contributed by atoms with Gasteiger partial charge in [-0.05, 0) is 30.5 Å². The predicted molar refractivity (Wildman–Crippen MR) is 75.6 cm³/mol. The smallest absolute Gasteiger partial charge is 0.131 e. The highest BCUT2D eigenvalue weighted by molar-refractivity contribution is 7.11. The van der Waals surface area contributed by atoms with Crippen molar-refractivity contribution in [1.29, 1.82) is 0 Å². The van der Waals surface area contributed by atoms with E-state index >= 15 is 0 Å². The molecule has 0 radical (unpaired) electrons. The molecule has 0 spiro atoms. The Labute approximate surface area is 116 Å². The molecule has 0 aliphatic heterocycles. The van der Waals surface area contributed by atoms with E-state index < -0.39 is 0 Å². The maximum atomic E-state index is 5.23. The molecule has 0 unspecified atom stereocenters. The molecule has 4 nitrogen and oxygen atoms in total. The molecule has 1 aliphatic carbocycles. The first-order valence-corrected chi connectivity index (χ1v) is 7.33. The summed E-state index contributed by atoms with van der Waals surface area (Å²) >= 11 is 1.69. The number of nitrogens with zero attached hydrogens (tertiary/aromatic N) is 2. The van der Waals surface area contributed by atoms with Crippen LogP contribution in [0.2, 0.25) is 0 Å². The number of nitrogens with one attached hydrogen (secondary N) is 1. The van der Waals surface area contributed by atoms with E-state index in [4.69, 9.17) is 4.74 Å². The third-order valence-electron chi connectivity index (χ3n) is 3.12. The summed E-state index contributed by atoms with van der Waals surface area (Å²) in [6.07, 6.45) is 3.42. The maximum absolute atomic E-state index is 5.23. The SMILES string of the molecule is COc1cccc(Cc2nnc(CNC3CC3)s2)c1. The van der Waals surface area contributed by atoms with E-state index in [1.54, 1.807) is 18.4 Å². The molecule has 19 heavy (non-hydrogen) atoms. The molecule has 1 N–H and O–H groups in total. The molecular weight excluding hydrogens is 258 g/mol. The first kappa shape index (κ1) is 12.6. The van der Waals surface area contributed by atoms with Crippen molar-refractivity contribution in [2.24, 2.45) is 0 Å². The van der Waals surface area contributed by atoms with Crippen LogP contribution in [0.4, 0.5) is 0 Å². The Morgan fingerprint density at radius 1 is 1.32 bits per heavy atom. The van der Waals surface area contributed by atoms with Crippen molar-refractivity contribution >= 4 is 11.3 Å². The highest BCUT2D eigenvalue weighted by atomic mass is 32.1. The zero-order valence-corrected chi connectivity index (χ0v) is 11.7. The van der Waals surface area contributed by atoms with E-state index in [1.807, 2.05) is 18.2 Å². The summed E-state index contributed by atoms with van der Waals surface area (Å²) in [4.78, 5) is 0. The van der Waals surface area contributed by atoms with Crippen molar-refractivity contribution in [2.75, 3.05) is 7.11 Å². The Bertz CT molecular complexity index is 551. The van der Waals surface area contributed by atoms with E-state index in [0.29, 0.717) is 6.04 Å². The van der Waals surface area contributed by atoms with Crippen molar-refractivity contribution < 1.29 is 4.74 Å². The summed E-state index contributed by atoms with van der Waals surface area (Å²) in [6, 6.07) is 8.81. The molecule has 5 heteroatoms. The normalized spacial score (nSPS) is 14.6. The monoisotopic (exact) mass is 275 g/mol. The Morgan fingerprint density at radius 3 is 2.95 bits per heavy atom. The maximum Gasteiger partial charge on any atom is 0.131 e. The molecule has 1 aliphatic rings. The molecule has 2 aromatic rings. The lowest BCUT2D eigenvalue weighted by Gasteiger charge is -2.01. The summed E-state index contributed by atoms with van der Waals surface area (Å²) < 4.78 is 5.23. The van der Waals surface area contributed by atoms with Gasteiger partial charge in [0.15, 0.2) is 0 Å². The van der Waals surface area contributed by atoms with Gasteiger partial charge in [-0.15, -0.1) is 10.2 Å². The standard InChI is InChI=1S/C14H17N3OS/c1-18-12-4-2-3-10(7-12)8-13-16-17-14(19-13)9-15-11-5-6-11/h2-4,7,11,15H,5-6,8-9H2,1H3. The highest BCUT2D eigenvalue weighted by Gasteiger charge is 2.20. The molecule has 0 saturated heterocycles. The molecule has 1 fully saturated rings. The molecular formula is C14H17N3OS. The average Bonchev–Trinajstić information content (AvgIpc) is 3.17. The van der Waals surface area contributed by atoms with Crippen molar-refractivity contribution in [2.45, 2.75) is 31.8 Å². The lowest BCUT2D eigenvalue weighted by atomic mass is 10.1. The summed E-state index contributed by atoms with van der Waals surface area (Å²) in [5, 5.41) is 14.1. The minimum atomic E-state index is 0.714. The molecule has 1 aromatic carbocycles. The van der Waals surface area contributed by atoms with E-state index in [1.165, 1.54) is 18.4 Å². The van der Waals surface area contributed by atoms with E-state index in [-0.39, 0.29) is 0 Å². The first-order chi connectivity index (χ1) is 9.33. The minimum absolute atomic E-state index is 0.714. The second-order valence-electron chi connectivity index (χ2n) is 4.77. The van der Waals surface area contributed by atoms with Crippen molar-refractivity contribution in [1.82, 2.24) is 15.5 Å². The molecule has 1 aromatic heterocycles. The molecule has 100 valence electrons. The third-order valence-corrected chi connectivity index (χ3v) is 4.04. The van der Waals surface area contributed by atoms with Gasteiger partial charge in [0.1, 0.15) is 15.8 Å². The van der Waals surface area contributed by atoms with E-state index in [9.17, 15) is 0 Å². The van der Waals surface area contributed by atoms with E-state index in [0.717, 1.165) is 28.7 Å². The second-order valence-corrected chi connectivity index (χ2v) is 5.92. The van der Waals surface area contributed by atoms with Crippen LogP contribution in [0, 0.1) is 0 Å². The van der Waals surface area contributed by atoms with Gasteiger partial charge < -0.3 is 10.1 Å². The molecule has 0 bridgehead atoms. The van der Waals surface area contributed by atoms with Crippen LogP contribution in [0.25, 0.3) is 0 Å². The topological polar surface area (TPSA) is 47.0 Å². The number of aromatic nitrogens is 2. The fraction of sp³-hybridized carbons (Fsp3) is 0.429. The predicted octanol–water partition coefficient (Wildman–Crippen LogP) is 2.39. The van der Waals surface area contributed by atoms with Gasteiger partial charge in [0, 0.05) is 19.0 Å². The fourth-order valence-electron chi connectivity index (χ4n) is 1.91. The zero-order valence-electron chi connectivity index (χ0n) is 10.9. The van der Waals surface area contributed by atoms with Gasteiger partial charge >= 0.3 is 0 Å². The van der Waals surface area contributed by atoms with Crippen LogP contribution >= 0.6 is 11.3 Å². The average molecular weight is 275 g/mol. The van der Waals surface area contributed by atoms with Gasteiger partial charge in [0.2, 0.25) is 0 Å². The quantitative estimate of drug-likeness (QED) is 0.879. The molecule has 0 amide bonds. The van der Waals surface area contributed by atoms with E-state index in [2.05, 4.69) is 21.6 Å². The Kier molecular flexibility index (Phi) is 3.75. The van der Waals surface area contributed by atoms with Crippen LogP contribution in [0.1, 0.15) is 28.4 Å². The number of hydrogen-bond donors (Lipinski definition) is 1. The Balaban J connectivity index is 1.61. The zero-order chi connectivity index (χ0) is 13.1. The van der Waals surface area contributed by atoms with Gasteiger partial charge in [-0.3, -0.25) is 0 Å². The lowest BCUT2D eigenvalue weighted by Crippen LogP contribution is -2.14. The van der Waals surface area contributed by atoms with Crippen LogP contribution in [-0.2, 0) is 13.0 Å². The Morgan fingerprint density at radius 2 is 2.16 bits per heavy atom. The number of ether oxygens (including phenoxy) is 1. The van der Waals surface area contributed by atoms with Crippen LogP contribution < -0.4 is 10.1 Å². The number of methoxy groups -OCH3 is 1. The summed E-state index contributed by atoms with van der Waals surface area (Å²) in [6.45, 7) is 0.848. The molecule has 1 heterocycles. The first-order valence-electron chi connectivity index (χ1n) is 6.51. The summed E-state index contributed by atoms with van der Waals surface area (Å²) in [5.41, 5.74) is 1.21. The van der Waals surface area contributed by atoms with Crippen LogP contribution in [0.5, 0.6) is 5.75 Å². The fourth-order valence-corrected chi connectivity index (χ4v) is 2.74. The van der Waals surface area contributed by atoms with Crippen molar-refractivity contribution in [3.05, 3.63) is 39.8 Å². The molecule has 1 saturated carbocycles. The second kappa shape index (κ2) is 5.67. The van der Waals surface area contributed by atoms with Gasteiger partial charge in [0.05, 0.1) is 7.11 Å². The van der Waals surface area contributed by atoms with Gasteiger partial charge in [0.25, 0.3) is 0 Å².